The minimum absolute atomic E-state index is 0.180. The Balaban J connectivity index is 1.89. The Bertz CT molecular complexity index is 679. The molecule has 2 nitrogen and oxygen atoms in total. The molecule has 0 aliphatic heterocycles. The molecule has 2 rings (SSSR count). The second-order valence-corrected chi connectivity index (χ2v) is 8.22. The van der Waals surface area contributed by atoms with Crippen LogP contribution in [0.5, 0.6) is 5.75 Å². The SMILES string of the molecule is C#CCOC(COc1ccccc1)C[Te]c1ccc(C(F)(F)F)cc1. The molecule has 0 bridgehead atoms. The van der Waals surface area contributed by atoms with Crippen molar-refractivity contribution < 1.29 is 22.6 Å². The van der Waals surface area contributed by atoms with Crippen LogP contribution in [-0.4, -0.2) is 40.2 Å². The first-order valence-electron chi connectivity index (χ1n) is 7.52. The van der Waals surface area contributed by atoms with Crippen LogP contribution in [0.25, 0.3) is 0 Å². The molecular formula is C19H17F3O2Te. The monoisotopic (exact) mass is 464 g/mol. The van der Waals surface area contributed by atoms with Crippen molar-refractivity contribution in [1.82, 2.24) is 0 Å². The third-order valence-electron chi connectivity index (χ3n) is 3.20. The summed E-state index contributed by atoms with van der Waals surface area (Å²) in [4.78, 5) is 0. The van der Waals surface area contributed by atoms with Crippen LogP contribution in [0.1, 0.15) is 5.56 Å². The van der Waals surface area contributed by atoms with E-state index in [1.807, 2.05) is 30.3 Å². The summed E-state index contributed by atoms with van der Waals surface area (Å²) in [5, 5.41) is 0. The fourth-order valence-electron chi connectivity index (χ4n) is 1.95. The molecule has 0 heterocycles. The number of ether oxygens (including phenoxy) is 2. The van der Waals surface area contributed by atoms with Gasteiger partial charge in [-0.15, -0.1) is 0 Å². The molecular weight excluding hydrogens is 445 g/mol. The van der Waals surface area contributed by atoms with Gasteiger partial charge in [-0.2, -0.15) is 0 Å². The summed E-state index contributed by atoms with van der Waals surface area (Å²) in [6, 6.07) is 14.7. The number of alkyl halides is 3. The molecule has 0 amide bonds. The van der Waals surface area contributed by atoms with E-state index in [4.69, 9.17) is 15.9 Å². The van der Waals surface area contributed by atoms with Gasteiger partial charge in [0.05, 0.1) is 0 Å². The Labute approximate surface area is 155 Å². The first-order chi connectivity index (χ1) is 12.0. The summed E-state index contributed by atoms with van der Waals surface area (Å²) < 4.78 is 50.7. The Morgan fingerprint density at radius 2 is 1.72 bits per heavy atom. The summed E-state index contributed by atoms with van der Waals surface area (Å²) >= 11 is -0.700. The van der Waals surface area contributed by atoms with Crippen LogP contribution >= 0.6 is 0 Å². The summed E-state index contributed by atoms with van der Waals surface area (Å²) in [6.45, 7) is 0.542. The number of hydrogen-bond acceptors (Lipinski definition) is 2. The molecule has 0 saturated heterocycles. The van der Waals surface area contributed by atoms with Crippen molar-refractivity contribution in [2.45, 2.75) is 16.7 Å². The molecule has 0 fully saturated rings. The predicted octanol–water partition coefficient (Wildman–Crippen LogP) is 3.55. The molecule has 2 aromatic carbocycles. The second kappa shape index (κ2) is 9.73. The molecule has 132 valence electrons. The standard InChI is InChI=1S/C19H17F3O2Te/c1-2-12-23-17(13-24-16-6-4-3-5-7-16)14-25-18-10-8-15(9-11-18)19(20,21)22/h1,3-11,17H,12-14H2. The van der Waals surface area contributed by atoms with Crippen molar-refractivity contribution in [3.05, 3.63) is 60.2 Å². The quantitative estimate of drug-likeness (QED) is 0.442. The summed E-state index contributed by atoms with van der Waals surface area (Å²) in [5.74, 6) is 3.17. The molecule has 1 unspecified atom stereocenters. The molecule has 0 saturated carbocycles. The van der Waals surface area contributed by atoms with E-state index in [0.29, 0.717) is 6.61 Å². The van der Waals surface area contributed by atoms with E-state index in [1.54, 1.807) is 12.1 Å². The fraction of sp³-hybridized carbons (Fsp3) is 0.263. The Kier molecular flexibility index (Phi) is 7.65. The van der Waals surface area contributed by atoms with Crippen LogP contribution in [-0.2, 0) is 10.9 Å². The zero-order chi connectivity index (χ0) is 18.1. The van der Waals surface area contributed by atoms with Gasteiger partial charge in [-0.05, 0) is 0 Å². The first-order valence-corrected chi connectivity index (χ1v) is 10.3. The van der Waals surface area contributed by atoms with Gasteiger partial charge in [-0.25, -0.2) is 0 Å². The van der Waals surface area contributed by atoms with Gasteiger partial charge in [0, 0.05) is 0 Å². The molecule has 2 aromatic rings. The summed E-state index contributed by atoms with van der Waals surface area (Å²) in [6.07, 6.45) is 0.753. The van der Waals surface area contributed by atoms with Crippen LogP contribution in [0.15, 0.2) is 54.6 Å². The van der Waals surface area contributed by atoms with Crippen LogP contribution in [0.3, 0.4) is 0 Å². The number of rotatable bonds is 8. The Morgan fingerprint density at radius 1 is 1.04 bits per heavy atom. The van der Waals surface area contributed by atoms with E-state index < -0.39 is 32.7 Å². The molecule has 0 aromatic heterocycles. The molecule has 6 heteroatoms. The molecule has 0 aliphatic carbocycles. The average Bonchev–Trinajstić information content (AvgIpc) is 2.61. The van der Waals surface area contributed by atoms with Crippen molar-refractivity contribution in [3.8, 4) is 18.1 Å². The number of halogens is 3. The van der Waals surface area contributed by atoms with Crippen molar-refractivity contribution in [2.75, 3.05) is 13.2 Å². The number of hydrogen-bond donors (Lipinski definition) is 0. The van der Waals surface area contributed by atoms with Gasteiger partial charge in [0.25, 0.3) is 0 Å². The van der Waals surface area contributed by atoms with Crippen LogP contribution in [0, 0.1) is 12.3 Å². The van der Waals surface area contributed by atoms with E-state index in [1.165, 1.54) is 0 Å². The zero-order valence-electron chi connectivity index (χ0n) is 13.3. The van der Waals surface area contributed by atoms with Gasteiger partial charge in [0.15, 0.2) is 0 Å². The molecule has 0 spiro atoms. The summed E-state index contributed by atoms with van der Waals surface area (Å²) in [7, 11) is 0. The normalized spacial score (nSPS) is 12.4. The average molecular weight is 462 g/mol. The molecule has 0 radical (unpaired) electrons. The van der Waals surface area contributed by atoms with Gasteiger partial charge in [-0.1, -0.05) is 0 Å². The van der Waals surface area contributed by atoms with Gasteiger partial charge in [0.2, 0.25) is 0 Å². The van der Waals surface area contributed by atoms with Crippen molar-refractivity contribution in [3.63, 3.8) is 0 Å². The summed E-state index contributed by atoms with van der Waals surface area (Å²) in [5.41, 5.74) is -0.628. The topological polar surface area (TPSA) is 18.5 Å². The van der Waals surface area contributed by atoms with Gasteiger partial charge in [0.1, 0.15) is 0 Å². The fourth-order valence-corrected chi connectivity index (χ4v) is 4.51. The van der Waals surface area contributed by atoms with Crippen molar-refractivity contribution >= 4 is 24.5 Å². The first kappa shape index (κ1) is 19.7. The van der Waals surface area contributed by atoms with E-state index in [9.17, 15) is 13.2 Å². The van der Waals surface area contributed by atoms with Crippen LogP contribution < -0.4 is 8.35 Å². The third-order valence-corrected chi connectivity index (χ3v) is 6.46. The van der Waals surface area contributed by atoms with Crippen molar-refractivity contribution in [2.24, 2.45) is 0 Å². The third kappa shape index (κ3) is 7.00. The maximum absolute atomic E-state index is 12.6. The Morgan fingerprint density at radius 3 is 2.32 bits per heavy atom. The second-order valence-electron chi connectivity index (χ2n) is 5.09. The predicted molar refractivity (Wildman–Crippen MR) is 92.1 cm³/mol. The van der Waals surface area contributed by atoms with Crippen LogP contribution in [0.4, 0.5) is 13.2 Å². The van der Waals surface area contributed by atoms with Gasteiger partial charge < -0.3 is 0 Å². The molecule has 25 heavy (non-hydrogen) atoms. The number of para-hydroxylation sites is 1. The number of benzene rings is 2. The van der Waals surface area contributed by atoms with Gasteiger partial charge in [-0.3, -0.25) is 0 Å². The van der Waals surface area contributed by atoms with E-state index in [0.717, 1.165) is 26.0 Å². The van der Waals surface area contributed by atoms with Crippen LogP contribution in [0.2, 0.25) is 4.47 Å². The van der Waals surface area contributed by atoms with E-state index in [-0.39, 0.29) is 12.7 Å². The Hall–Kier alpha value is -1.66. The maximum atomic E-state index is 12.6. The van der Waals surface area contributed by atoms with E-state index >= 15 is 0 Å². The zero-order valence-corrected chi connectivity index (χ0v) is 15.7. The number of terminal acetylenes is 1. The van der Waals surface area contributed by atoms with Gasteiger partial charge >= 0.3 is 155 Å². The van der Waals surface area contributed by atoms with Crippen molar-refractivity contribution in [1.29, 1.82) is 0 Å². The molecule has 0 aliphatic rings. The molecule has 0 N–H and O–H groups in total. The minimum atomic E-state index is -4.30. The van der Waals surface area contributed by atoms with E-state index in [2.05, 4.69) is 5.92 Å². The molecule has 1 atom stereocenters.